The molecule has 1 fully saturated rings. The Labute approximate surface area is 160 Å². The monoisotopic (exact) mass is 386 g/mol. The van der Waals surface area contributed by atoms with Crippen LogP contribution >= 0.6 is 11.9 Å². The SMILES string of the molecule is Cc1oncc1/C(O)=C(\C#N)C(=O)Nc1ccc(SN2CCOCC2)cc1. The molecule has 0 radical (unpaired) electrons. The summed E-state index contributed by atoms with van der Waals surface area (Å²) in [5.74, 6) is -0.852. The Morgan fingerprint density at radius 3 is 2.63 bits per heavy atom. The Morgan fingerprint density at radius 2 is 2.04 bits per heavy atom. The van der Waals surface area contributed by atoms with Gasteiger partial charge in [0, 0.05) is 23.7 Å². The van der Waals surface area contributed by atoms with Crippen LogP contribution in [0.2, 0.25) is 0 Å². The first kappa shape index (κ1) is 19.0. The summed E-state index contributed by atoms with van der Waals surface area (Å²) >= 11 is 1.63. The van der Waals surface area contributed by atoms with Crippen molar-refractivity contribution in [2.24, 2.45) is 0 Å². The Kier molecular flexibility index (Phi) is 6.13. The van der Waals surface area contributed by atoms with Crippen LogP contribution in [0.25, 0.3) is 5.76 Å². The van der Waals surface area contributed by atoms with Gasteiger partial charge in [-0.05, 0) is 43.1 Å². The molecule has 0 unspecified atom stereocenters. The number of ether oxygens (including phenoxy) is 1. The number of nitrogens with one attached hydrogen (secondary N) is 1. The predicted octanol–water partition coefficient (Wildman–Crippen LogP) is 2.75. The number of aliphatic hydroxyl groups is 1. The highest BCUT2D eigenvalue weighted by Gasteiger charge is 2.20. The molecule has 2 heterocycles. The van der Waals surface area contributed by atoms with Crippen molar-refractivity contribution in [1.82, 2.24) is 9.46 Å². The second kappa shape index (κ2) is 8.73. The molecule has 9 heteroatoms. The molecule has 0 spiro atoms. The van der Waals surface area contributed by atoms with Gasteiger partial charge in [0.1, 0.15) is 11.8 Å². The number of aryl methyl sites for hydroxylation is 1. The predicted molar refractivity (Wildman–Crippen MR) is 99.7 cm³/mol. The molecular formula is C18H18N4O4S. The van der Waals surface area contributed by atoms with Gasteiger partial charge in [0.05, 0.1) is 25.0 Å². The number of hydrogen-bond donors (Lipinski definition) is 2. The molecule has 1 aromatic heterocycles. The van der Waals surface area contributed by atoms with Crippen molar-refractivity contribution in [2.45, 2.75) is 11.8 Å². The number of morpholine rings is 1. The summed E-state index contributed by atoms with van der Waals surface area (Å²) in [7, 11) is 0. The zero-order chi connectivity index (χ0) is 19.2. The zero-order valence-electron chi connectivity index (χ0n) is 14.6. The van der Waals surface area contributed by atoms with E-state index in [1.807, 2.05) is 12.1 Å². The fourth-order valence-electron chi connectivity index (χ4n) is 2.45. The lowest BCUT2D eigenvalue weighted by Gasteiger charge is -2.25. The second-order valence-electron chi connectivity index (χ2n) is 5.74. The molecule has 1 aliphatic heterocycles. The lowest BCUT2D eigenvalue weighted by Crippen LogP contribution is -2.30. The summed E-state index contributed by atoms with van der Waals surface area (Å²) in [5.41, 5.74) is 0.320. The fraction of sp³-hybridized carbons (Fsp3) is 0.278. The number of nitrogens with zero attached hydrogens (tertiary/aromatic N) is 3. The van der Waals surface area contributed by atoms with E-state index in [9.17, 15) is 15.2 Å². The van der Waals surface area contributed by atoms with Crippen molar-refractivity contribution < 1.29 is 19.2 Å². The van der Waals surface area contributed by atoms with Crippen LogP contribution in [0, 0.1) is 18.3 Å². The summed E-state index contributed by atoms with van der Waals surface area (Å²) in [6.45, 7) is 4.75. The number of amides is 1. The minimum Gasteiger partial charge on any atom is -0.506 e. The minimum absolute atomic E-state index is 0.207. The van der Waals surface area contributed by atoms with E-state index in [2.05, 4.69) is 14.8 Å². The van der Waals surface area contributed by atoms with E-state index in [1.54, 1.807) is 37.1 Å². The Balaban J connectivity index is 1.68. The van der Waals surface area contributed by atoms with Crippen LogP contribution < -0.4 is 5.32 Å². The number of aliphatic hydroxyl groups excluding tert-OH is 1. The number of rotatable bonds is 5. The number of carbonyl (C=O) groups is 1. The van der Waals surface area contributed by atoms with Crippen LogP contribution in [0.5, 0.6) is 0 Å². The standard InChI is InChI=1S/C18H18N4O4S/c1-12-16(11-20-26-12)17(23)15(10-19)18(24)21-13-2-4-14(5-3-13)27-22-6-8-25-9-7-22/h2-5,11,23H,6-9H2,1H3,(H,21,24)/b17-15-. The minimum atomic E-state index is -0.704. The van der Waals surface area contributed by atoms with Crippen molar-refractivity contribution in [1.29, 1.82) is 5.26 Å². The summed E-state index contributed by atoms with van der Waals surface area (Å²) in [6, 6.07) is 8.99. The molecule has 27 heavy (non-hydrogen) atoms. The lowest BCUT2D eigenvalue weighted by molar-refractivity contribution is -0.112. The van der Waals surface area contributed by atoms with Gasteiger partial charge in [0.2, 0.25) is 0 Å². The van der Waals surface area contributed by atoms with Gasteiger partial charge in [-0.2, -0.15) is 5.26 Å². The third-order valence-electron chi connectivity index (χ3n) is 3.90. The highest BCUT2D eigenvalue weighted by molar-refractivity contribution is 7.97. The van der Waals surface area contributed by atoms with Crippen molar-refractivity contribution in [3.8, 4) is 6.07 Å². The van der Waals surface area contributed by atoms with Crippen LogP contribution in [0.15, 0.2) is 45.5 Å². The highest BCUT2D eigenvalue weighted by Crippen LogP contribution is 2.25. The number of hydrogen-bond acceptors (Lipinski definition) is 8. The molecule has 3 rings (SSSR count). The summed E-state index contributed by atoms with van der Waals surface area (Å²) in [4.78, 5) is 13.4. The highest BCUT2D eigenvalue weighted by atomic mass is 32.2. The number of aromatic nitrogens is 1. The van der Waals surface area contributed by atoms with Gasteiger partial charge in [-0.1, -0.05) is 5.16 Å². The molecule has 1 saturated heterocycles. The summed E-state index contributed by atoms with van der Waals surface area (Å²) in [6.07, 6.45) is 1.26. The fourth-order valence-corrected chi connectivity index (χ4v) is 3.34. The maximum Gasteiger partial charge on any atom is 0.270 e. The maximum absolute atomic E-state index is 12.4. The maximum atomic E-state index is 12.4. The average molecular weight is 386 g/mol. The Hall–Kier alpha value is -2.80. The van der Waals surface area contributed by atoms with Crippen LogP contribution in [-0.4, -0.2) is 46.8 Å². The number of benzene rings is 1. The number of carbonyl (C=O) groups excluding carboxylic acids is 1. The van der Waals surface area contributed by atoms with Crippen LogP contribution in [-0.2, 0) is 9.53 Å². The molecular weight excluding hydrogens is 368 g/mol. The smallest absolute Gasteiger partial charge is 0.270 e. The second-order valence-corrected chi connectivity index (χ2v) is 6.91. The van der Waals surface area contributed by atoms with E-state index in [0.29, 0.717) is 11.4 Å². The third-order valence-corrected chi connectivity index (χ3v) is 5.00. The lowest BCUT2D eigenvalue weighted by atomic mass is 10.1. The summed E-state index contributed by atoms with van der Waals surface area (Å²) < 4.78 is 12.4. The Morgan fingerprint density at radius 1 is 1.33 bits per heavy atom. The first-order valence-corrected chi connectivity index (χ1v) is 9.03. The molecule has 0 saturated carbocycles. The van der Waals surface area contributed by atoms with Crippen LogP contribution in [0.1, 0.15) is 11.3 Å². The molecule has 0 atom stereocenters. The van der Waals surface area contributed by atoms with E-state index in [0.717, 1.165) is 31.2 Å². The van der Waals surface area contributed by atoms with E-state index < -0.39 is 17.2 Å². The first-order chi connectivity index (χ1) is 13.1. The third kappa shape index (κ3) is 4.68. The number of anilines is 1. The van der Waals surface area contributed by atoms with Gasteiger partial charge in [-0.25, -0.2) is 4.31 Å². The molecule has 2 aromatic rings. The topological polar surface area (TPSA) is 112 Å². The van der Waals surface area contributed by atoms with Gasteiger partial charge in [0.15, 0.2) is 11.3 Å². The molecule has 1 amide bonds. The van der Waals surface area contributed by atoms with Crippen molar-refractivity contribution in [2.75, 3.05) is 31.6 Å². The van der Waals surface area contributed by atoms with Crippen LogP contribution in [0.4, 0.5) is 5.69 Å². The van der Waals surface area contributed by atoms with Gasteiger partial charge in [-0.15, -0.1) is 0 Å². The zero-order valence-corrected chi connectivity index (χ0v) is 15.5. The largest absolute Gasteiger partial charge is 0.506 e. The van der Waals surface area contributed by atoms with Crippen molar-refractivity contribution in [3.63, 3.8) is 0 Å². The molecule has 0 bridgehead atoms. The van der Waals surface area contributed by atoms with Gasteiger partial charge in [0.25, 0.3) is 5.91 Å². The quantitative estimate of drug-likeness (QED) is 0.349. The molecule has 140 valence electrons. The Bertz CT molecular complexity index is 880. The van der Waals surface area contributed by atoms with Gasteiger partial charge < -0.3 is 19.7 Å². The molecule has 0 aliphatic carbocycles. The van der Waals surface area contributed by atoms with E-state index in [4.69, 9.17) is 9.26 Å². The van der Waals surface area contributed by atoms with E-state index >= 15 is 0 Å². The van der Waals surface area contributed by atoms with E-state index in [-0.39, 0.29) is 5.56 Å². The van der Waals surface area contributed by atoms with Crippen LogP contribution in [0.3, 0.4) is 0 Å². The van der Waals surface area contributed by atoms with E-state index in [1.165, 1.54) is 6.20 Å². The first-order valence-electron chi connectivity index (χ1n) is 8.25. The van der Waals surface area contributed by atoms with Gasteiger partial charge >= 0.3 is 0 Å². The molecule has 8 nitrogen and oxygen atoms in total. The molecule has 1 aliphatic rings. The van der Waals surface area contributed by atoms with Gasteiger partial charge in [-0.3, -0.25) is 4.79 Å². The van der Waals surface area contributed by atoms with Crippen molar-refractivity contribution >= 4 is 29.3 Å². The summed E-state index contributed by atoms with van der Waals surface area (Å²) in [5, 5.41) is 25.6. The molecule has 2 N–H and O–H groups in total. The average Bonchev–Trinajstić information content (AvgIpc) is 3.10. The molecule has 1 aromatic carbocycles. The number of nitriles is 1. The van der Waals surface area contributed by atoms with Crippen molar-refractivity contribution in [3.05, 3.63) is 47.4 Å². The normalized spacial score (nSPS) is 15.7.